The van der Waals surface area contributed by atoms with Gasteiger partial charge in [0.2, 0.25) is 15.9 Å². The van der Waals surface area contributed by atoms with Gasteiger partial charge in [-0.25, -0.2) is 13.1 Å². The first kappa shape index (κ1) is 16.0. The molecule has 1 N–H and O–H groups in total. The zero-order valence-corrected chi connectivity index (χ0v) is 13.2. The van der Waals surface area contributed by atoms with Crippen LogP contribution in [-0.2, 0) is 14.8 Å². The zero-order valence-electron chi connectivity index (χ0n) is 12.4. The lowest BCUT2D eigenvalue weighted by molar-refractivity contribution is -0.116. The second-order valence-electron chi connectivity index (χ2n) is 4.82. The molecule has 1 amide bonds. The van der Waals surface area contributed by atoms with Gasteiger partial charge in [0.15, 0.2) is 0 Å². The van der Waals surface area contributed by atoms with Crippen LogP contribution >= 0.6 is 0 Å². The van der Waals surface area contributed by atoms with Crippen LogP contribution in [0.3, 0.4) is 0 Å². The third-order valence-electron chi connectivity index (χ3n) is 3.02. The van der Waals surface area contributed by atoms with Crippen molar-refractivity contribution in [1.29, 1.82) is 0 Å². The molecule has 0 saturated heterocycles. The van der Waals surface area contributed by atoms with E-state index in [2.05, 4.69) is 20.8 Å². The number of amides is 1. The molecule has 0 fully saturated rings. The number of tetrazole rings is 1. The molecule has 0 aliphatic heterocycles. The lowest BCUT2D eigenvalue weighted by Gasteiger charge is -2.14. The lowest BCUT2D eigenvalue weighted by Crippen LogP contribution is -2.34. The predicted octanol–water partition coefficient (Wildman–Crippen LogP) is -0.199. The highest BCUT2D eigenvalue weighted by atomic mass is 32.2. The van der Waals surface area contributed by atoms with Crippen molar-refractivity contribution in [2.24, 2.45) is 0 Å². The molecule has 0 aliphatic rings. The van der Waals surface area contributed by atoms with Crippen molar-refractivity contribution in [3.05, 3.63) is 30.1 Å². The maximum Gasteiger partial charge on any atom is 0.239 e. The Morgan fingerprint density at radius 1 is 1.41 bits per heavy atom. The number of hydrogen-bond acceptors (Lipinski definition) is 6. The minimum atomic E-state index is -3.40. The van der Waals surface area contributed by atoms with Crippen LogP contribution in [0.2, 0.25) is 0 Å². The van der Waals surface area contributed by atoms with Crippen molar-refractivity contribution in [2.45, 2.75) is 6.92 Å². The third kappa shape index (κ3) is 3.86. The minimum Gasteiger partial charge on any atom is -0.325 e. The van der Waals surface area contributed by atoms with Gasteiger partial charge in [-0.15, -0.1) is 5.10 Å². The van der Waals surface area contributed by atoms with Crippen molar-refractivity contribution in [3.63, 3.8) is 0 Å². The Balaban J connectivity index is 2.14. The van der Waals surface area contributed by atoms with Gasteiger partial charge in [-0.3, -0.25) is 4.79 Å². The van der Waals surface area contributed by atoms with E-state index in [9.17, 15) is 13.2 Å². The molecule has 0 aliphatic carbocycles. The largest absolute Gasteiger partial charge is 0.325 e. The Morgan fingerprint density at radius 3 is 2.73 bits per heavy atom. The molecule has 0 bridgehead atoms. The number of benzene rings is 1. The molecule has 10 heteroatoms. The minimum absolute atomic E-state index is 0.257. The monoisotopic (exact) mass is 324 g/mol. The van der Waals surface area contributed by atoms with E-state index in [0.29, 0.717) is 5.69 Å². The first-order valence-corrected chi connectivity index (χ1v) is 8.17. The van der Waals surface area contributed by atoms with Gasteiger partial charge in [0.05, 0.1) is 18.5 Å². The number of nitrogens with one attached hydrogen (secondary N) is 1. The van der Waals surface area contributed by atoms with E-state index in [1.807, 2.05) is 13.0 Å². The SMILES string of the molecule is Cc1ccc(NC(=O)CN(C)S(C)(=O)=O)cc1-n1cnnn1. The summed E-state index contributed by atoms with van der Waals surface area (Å²) in [5, 5.41) is 13.6. The van der Waals surface area contributed by atoms with Gasteiger partial charge in [-0.1, -0.05) is 6.07 Å². The van der Waals surface area contributed by atoms with E-state index >= 15 is 0 Å². The van der Waals surface area contributed by atoms with Crippen LogP contribution in [0, 0.1) is 6.92 Å². The van der Waals surface area contributed by atoms with Crippen LogP contribution in [0.4, 0.5) is 5.69 Å². The molecule has 0 unspecified atom stereocenters. The molecular weight excluding hydrogens is 308 g/mol. The molecule has 0 atom stereocenters. The first-order chi connectivity index (χ1) is 10.3. The summed E-state index contributed by atoms with van der Waals surface area (Å²) in [5.74, 6) is -0.431. The van der Waals surface area contributed by atoms with Crippen molar-refractivity contribution >= 4 is 21.6 Å². The zero-order chi connectivity index (χ0) is 16.3. The van der Waals surface area contributed by atoms with Crippen LogP contribution in [-0.4, -0.2) is 58.7 Å². The predicted molar refractivity (Wildman–Crippen MR) is 80.0 cm³/mol. The van der Waals surface area contributed by atoms with Gasteiger partial charge < -0.3 is 5.32 Å². The number of nitrogens with zero attached hydrogens (tertiary/aromatic N) is 5. The molecule has 1 aromatic carbocycles. The van der Waals surface area contributed by atoms with E-state index in [4.69, 9.17) is 0 Å². The van der Waals surface area contributed by atoms with Crippen LogP contribution in [0.1, 0.15) is 5.56 Å². The topological polar surface area (TPSA) is 110 Å². The average Bonchev–Trinajstić information content (AvgIpc) is 2.93. The summed E-state index contributed by atoms with van der Waals surface area (Å²) >= 11 is 0. The van der Waals surface area contributed by atoms with Gasteiger partial charge in [0, 0.05) is 12.7 Å². The number of aryl methyl sites for hydroxylation is 1. The number of carbonyl (C=O) groups is 1. The van der Waals surface area contributed by atoms with Crippen LogP contribution in [0.15, 0.2) is 24.5 Å². The molecule has 0 saturated carbocycles. The number of hydrogen-bond donors (Lipinski definition) is 1. The Hall–Kier alpha value is -2.33. The Morgan fingerprint density at radius 2 is 2.14 bits per heavy atom. The highest BCUT2D eigenvalue weighted by molar-refractivity contribution is 7.88. The number of likely N-dealkylation sites (N-methyl/N-ethyl adjacent to an activating group) is 1. The Labute approximate surface area is 128 Å². The van der Waals surface area contributed by atoms with E-state index in [1.54, 1.807) is 12.1 Å². The van der Waals surface area contributed by atoms with E-state index in [0.717, 1.165) is 21.8 Å². The summed E-state index contributed by atoms with van der Waals surface area (Å²) in [7, 11) is -2.05. The molecule has 118 valence electrons. The average molecular weight is 324 g/mol. The van der Waals surface area contributed by atoms with Gasteiger partial charge in [-0.2, -0.15) is 4.31 Å². The molecule has 9 nitrogen and oxygen atoms in total. The second kappa shape index (κ2) is 6.20. The maximum atomic E-state index is 11.9. The fourth-order valence-electron chi connectivity index (χ4n) is 1.73. The lowest BCUT2D eigenvalue weighted by atomic mass is 10.2. The summed E-state index contributed by atoms with van der Waals surface area (Å²) in [4.78, 5) is 11.9. The molecule has 1 heterocycles. The second-order valence-corrected chi connectivity index (χ2v) is 6.91. The summed E-state index contributed by atoms with van der Waals surface area (Å²) in [6.45, 7) is 1.63. The van der Waals surface area contributed by atoms with Crippen LogP contribution in [0.25, 0.3) is 5.69 Å². The van der Waals surface area contributed by atoms with E-state index in [1.165, 1.54) is 18.1 Å². The van der Waals surface area contributed by atoms with Gasteiger partial charge in [0.1, 0.15) is 6.33 Å². The highest BCUT2D eigenvalue weighted by Crippen LogP contribution is 2.18. The summed E-state index contributed by atoms with van der Waals surface area (Å²) in [6, 6.07) is 5.25. The number of sulfonamides is 1. The number of aromatic nitrogens is 4. The van der Waals surface area contributed by atoms with Gasteiger partial charge >= 0.3 is 0 Å². The first-order valence-electron chi connectivity index (χ1n) is 6.32. The van der Waals surface area contributed by atoms with Crippen molar-refractivity contribution in [1.82, 2.24) is 24.5 Å². The molecule has 1 aromatic heterocycles. The fraction of sp³-hybridized carbons (Fsp3) is 0.333. The standard InChI is InChI=1S/C12H16N6O3S/c1-9-4-5-10(6-11(9)18-8-13-15-16-18)14-12(19)7-17(2)22(3,20)21/h4-6,8H,7H2,1-3H3,(H,14,19). The van der Waals surface area contributed by atoms with Crippen molar-refractivity contribution < 1.29 is 13.2 Å². The third-order valence-corrected chi connectivity index (χ3v) is 4.28. The maximum absolute atomic E-state index is 11.9. The Bertz CT molecular complexity index is 772. The molecule has 0 spiro atoms. The molecular formula is C12H16N6O3S. The van der Waals surface area contributed by atoms with Crippen LogP contribution in [0.5, 0.6) is 0 Å². The Kier molecular flexibility index (Phi) is 4.52. The van der Waals surface area contributed by atoms with Gasteiger partial charge in [-0.05, 0) is 35.0 Å². The molecule has 0 radical (unpaired) electrons. The van der Waals surface area contributed by atoms with E-state index in [-0.39, 0.29) is 6.54 Å². The summed E-state index contributed by atoms with van der Waals surface area (Å²) < 4.78 is 25.0. The van der Waals surface area contributed by atoms with Gasteiger partial charge in [0.25, 0.3) is 0 Å². The smallest absolute Gasteiger partial charge is 0.239 e. The quantitative estimate of drug-likeness (QED) is 0.815. The fourth-order valence-corrected chi connectivity index (χ4v) is 2.08. The van der Waals surface area contributed by atoms with Crippen molar-refractivity contribution in [3.8, 4) is 5.69 Å². The van der Waals surface area contributed by atoms with E-state index < -0.39 is 15.9 Å². The summed E-state index contributed by atoms with van der Waals surface area (Å²) in [6.07, 6.45) is 2.49. The van der Waals surface area contributed by atoms with Crippen LogP contribution < -0.4 is 5.32 Å². The number of anilines is 1. The molecule has 2 rings (SSSR count). The highest BCUT2D eigenvalue weighted by Gasteiger charge is 2.15. The number of rotatable bonds is 5. The summed E-state index contributed by atoms with van der Waals surface area (Å²) in [5.41, 5.74) is 2.18. The van der Waals surface area contributed by atoms with Crippen molar-refractivity contribution in [2.75, 3.05) is 25.2 Å². The molecule has 2 aromatic rings. The molecule has 22 heavy (non-hydrogen) atoms. The number of carbonyl (C=O) groups excluding carboxylic acids is 1. The normalized spacial score (nSPS) is 11.6.